The number of amides is 1. The lowest BCUT2D eigenvalue weighted by molar-refractivity contribution is -0.388. The number of rotatable bonds is 7. The van der Waals surface area contributed by atoms with Crippen LogP contribution in [0.15, 0.2) is 36.5 Å². The van der Waals surface area contributed by atoms with Crippen LogP contribution < -0.4 is 10.2 Å². The van der Waals surface area contributed by atoms with Crippen molar-refractivity contribution in [2.45, 2.75) is 31.2 Å². The number of nitro groups is 1. The van der Waals surface area contributed by atoms with Crippen molar-refractivity contribution < 1.29 is 36.1 Å². The van der Waals surface area contributed by atoms with Crippen molar-refractivity contribution in [1.82, 2.24) is 14.8 Å². The summed E-state index contributed by atoms with van der Waals surface area (Å²) >= 11 is 0. The van der Waals surface area contributed by atoms with E-state index in [2.05, 4.69) is 15.2 Å². The number of hydrogen-bond donors (Lipinski definition) is 1. The normalized spacial score (nSPS) is 18.9. The van der Waals surface area contributed by atoms with Crippen molar-refractivity contribution in [3.63, 3.8) is 0 Å². The average molecular weight is 560 g/mol. The zero-order chi connectivity index (χ0) is 28.4. The molecule has 0 spiro atoms. The number of piperazine rings is 1. The maximum Gasteiger partial charge on any atom is 0.433 e. The summed E-state index contributed by atoms with van der Waals surface area (Å²) < 4.78 is 77.8. The number of carbonyl (C=O) groups is 1. The fraction of sp³-hybridized carbons (Fsp3) is 0.500. The number of alkyl halides is 6. The lowest BCUT2D eigenvalue weighted by Crippen LogP contribution is -2.47. The highest BCUT2D eigenvalue weighted by Crippen LogP contribution is 2.38. The maximum atomic E-state index is 13.2. The van der Waals surface area contributed by atoms with Gasteiger partial charge in [-0.15, -0.1) is 0 Å². The molecule has 0 bridgehead atoms. The molecule has 1 aromatic carbocycles. The van der Waals surface area contributed by atoms with E-state index < -0.39 is 34.2 Å². The molecule has 1 aromatic heterocycles. The van der Waals surface area contributed by atoms with Gasteiger partial charge in [0.05, 0.1) is 16.8 Å². The molecular weight excluding hydrogens is 534 g/mol. The number of nitro benzene ring substituents is 1. The largest absolute Gasteiger partial charge is 0.433 e. The molecular formula is C24H26F6N6O3. The van der Waals surface area contributed by atoms with Crippen molar-refractivity contribution in [1.29, 1.82) is 0 Å². The molecule has 3 heterocycles. The summed E-state index contributed by atoms with van der Waals surface area (Å²) in [5, 5.41) is 13.9. The minimum atomic E-state index is -4.88. The molecule has 1 N–H and O–H groups in total. The Morgan fingerprint density at radius 3 is 2.33 bits per heavy atom. The van der Waals surface area contributed by atoms with Crippen LogP contribution in [-0.2, 0) is 17.1 Å². The lowest BCUT2D eigenvalue weighted by atomic mass is 10.1. The van der Waals surface area contributed by atoms with Crippen molar-refractivity contribution >= 4 is 23.0 Å². The van der Waals surface area contributed by atoms with Gasteiger partial charge in [0.25, 0.3) is 5.69 Å². The Labute approximate surface area is 219 Å². The van der Waals surface area contributed by atoms with Crippen LogP contribution in [0.2, 0.25) is 0 Å². The SMILES string of the molecule is O=C(CCN1CCN(c2ccc(C(F)(F)F)nc2)CC1)N1CC[C@H](Nc2ccc([N+](=O)[O-])c(C(F)(F)F)c2)C1. The number of anilines is 2. The molecule has 0 aliphatic carbocycles. The zero-order valence-corrected chi connectivity index (χ0v) is 20.6. The molecule has 0 saturated carbocycles. The Kier molecular flexibility index (Phi) is 8.18. The Bertz CT molecular complexity index is 1180. The summed E-state index contributed by atoms with van der Waals surface area (Å²) in [6, 6.07) is 4.80. The van der Waals surface area contributed by atoms with E-state index in [0.717, 1.165) is 12.1 Å². The van der Waals surface area contributed by atoms with E-state index in [4.69, 9.17) is 0 Å². The van der Waals surface area contributed by atoms with Gasteiger partial charge in [-0.3, -0.25) is 19.8 Å². The van der Waals surface area contributed by atoms with E-state index in [1.165, 1.54) is 18.3 Å². The minimum absolute atomic E-state index is 0.0895. The van der Waals surface area contributed by atoms with Crippen LogP contribution in [-0.4, -0.2) is 77.5 Å². The first-order valence-electron chi connectivity index (χ1n) is 12.2. The molecule has 212 valence electrons. The predicted molar refractivity (Wildman–Crippen MR) is 129 cm³/mol. The fourth-order valence-electron chi connectivity index (χ4n) is 4.73. The monoisotopic (exact) mass is 560 g/mol. The van der Waals surface area contributed by atoms with E-state index >= 15 is 0 Å². The highest BCUT2D eigenvalue weighted by molar-refractivity contribution is 5.77. The maximum absolute atomic E-state index is 13.2. The number of halogens is 6. The van der Waals surface area contributed by atoms with Gasteiger partial charge in [0.2, 0.25) is 5.91 Å². The molecule has 9 nitrogen and oxygen atoms in total. The molecule has 0 unspecified atom stereocenters. The molecule has 2 fully saturated rings. The summed E-state index contributed by atoms with van der Waals surface area (Å²) in [6.45, 7) is 3.64. The number of aromatic nitrogens is 1. The van der Waals surface area contributed by atoms with Crippen LogP contribution in [0.25, 0.3) is 0 Å². The first-order chi connectivity index (χ1) is 18.3. The van der Waals surface area contributed by atoms with Crippen LogP contribution >= 0.6 is 0 Å². The molecule has 2 aromatic rings. The minimum Gasteiger partial charge on any atom is -0.380 e. The number of hydrogen-bond acceptors (Lipinski definition) is 7. The average Bonchev–Trinajstić information content (AvgIpc) is 3.35. The first-order valence-corrected chi connectivity index (χ1v) is 12.2. The van der Waals surface area contributed by atoms with Gasteiger partial charge in [0.1, 0.15) is 11.3 Å². The van der Waals surface area contributed by atoms with Gasteiger partial charge < -0.3 is 15.1 Å². The van der Waals surface area contributed by atoms with Crippen LogP contribution in [0.3, 0.4) is 0 Å². The number of nitrogens with zero attached hydrogens (tertiary/aromatic N) is 5. The van der Waals surface area contributed by atoms with Crippen LogP contribution in [0.1, 0.15) is 24.1 Å². The molecule has 2 saturated heterocycles. The molecule has 1 amide bonds. The standard InChI is InChI=1S/C24H26F6N6O3/c25-23(26,27)19-13-16(1-3-20(19)36(38)39)32-17-5-8-35(15-17)22(37)6-7-33-9-11-34(12-10-33)18-2-4-21(31-14-18)24(28,29)30/h1-4,13-14,17,32H,5-12,15H2/t17-/m0/s1. The van der Waals surface area contributed by atoms with E-state index in [1.807, 2.05) is 4.90 Å². The van der Waals surface area contributed by atoms with Gasteiger partial charge >= 0.3 is 12.4 Å². The zero-order valence-electron chi connectivity index (χ0n) is 20.6. The van der Waals surface area contributed by atoms with E-state index in [-0.39, 0.29) is 24.1 Å². The molecule has 0 radical (unpaired) electrons. The molecule has 39 heavy (non-hydrogen) atoms. The smallest absolute Gasteiger partial charge is 0.380 e. The second kappa shape index (κ2) is 11.2. The summed E-state index contributed by atoms with van der Waals surface area (Å²) in [5.41, 5.74) is -2.61. The summed E-state index contributed by atoms with van der Waals surface area (Å²) in [5.74, 6) is -0.0895. The predicted octanol–water partition coefficient (Wildman–Crippen LogP) is 4.25. The molecule has 2 aliphatic rings. The Hall–Kier alpha value is -3.62. The van der Waals surface area contributed by atoms with Gasteiger partial charge in [-0.1, -0.05) is 0 Å². The number of carbonyl (C=O) groups excluding carboxylic acids is 1. The molecule has 1 atom stereocenters. The fourth-order valence-corrected chi connectivity index (χ4v) is 4.73. The Morgan fingerprint density at radius 2 is 1.74 bits per heavy atom. The van der Waals surface area contributed by atoms with E-state index in [1.54, 1.807) is 4.90 Å². The van der Waals surface area contributed by atoms with Crippen LogP contribution in [0.5, 0.6) is 0 Å². The summed E-state index contributed by atoms with van der Waals surface area (Å²) in [7, 11) is 0. The quantitative estimate of drug-likeness (QED) is 0.307. The second-order valence-electron chi connectivity index (χ2n) is 9.43. The Balaban J connectivity index is 1.22. The highest BCUT2D eigenvalue weighted by Gasteiger charge is 2.39. The number of nitrogens with one attached hydrogen (secondary N) is 1. The van der Waals surface area contributed by atoms with E-state index in [0.29, 0.717) is 64.0 Å². The van der Waals surface area contributed by atoms with Crippen molar-refractivity contribution in [2.75, 3.05) is 56.0 Å². The van der Waals surface area contributed by atoms with Crippen LogP contribution in [0, 0.1) is 10.1 Å². The van der Waals surface area contributed by atoms with Gasteiger partial charge in [-0.25, -0.2) is 4.98 Å². The summed E-state index contributed by atoms with van der Waals surface area (Å²) in [6.07, 6.45) is -7.39. The van der Waals surface area contributed by atoms with E-state index in [9.17, 15) is 41.3 Å². The van der Waals surface area contributed by atoms with Gasteiger partial charge in [-0.05, 0) is 30.7 Å². The van der Waals surface area contributed by atoms with Gasteiger partial charge in [-0.2, -0.15) is 26.3 Å². The number of benzene rings is 1. The van der Waals surface area contributed by atoms with Crippen molar-refractivity contribution in [3.05, 3.63) is 57.9 Å². The lowest BCUT2D eigenvalue weighted by Gasteiger charge is -2.36. The summed E-state index contributed by atoms with van der Waals surface area (Å²) in [4.78, 5) is 31.7. The second-order valence-corrected chi connectivity index (χ2v) is 9.43. The number of likely N-dealkylation sites (tertiary alicyclic amines) is 1. The third kappa shape index (κ3) is 7.07. The Morgan fingerprint density at radius 1 is 1.03 bits per heavy atom. The van der Waals surface area contributed by atoms with Crippen LogP contribution in [0.4, 0.5) is 43.4 Å². The van der Waals surface area contributed by atoms with Gasteiger partial charge in [0, 0.05) is 70.0 Å². The van der Waals surface area contributed by atoms with Crippen molar-refractivity contribution in [3.8, 4) is 0 Å². The van der Waals surface area contributed by atoms with Crippen molar-refractivity contribution in [2.24, 2.45) is 0 Å². The third-order valence-electron chi connectivity index (χ3n) is 6.83. The third-order valence-corrected chi connectivity index (χ3v) is 6.83. The first kappa shape index (κ1) is 28.4. The molecule has 15 heteroatoms. The van der Waals surface area contributed by atoms with Gasteiger partial charge in [0.15, 0.2) is 0 Å². The molecule has 2 aliphatic heterocycles. The topological polar surface area (TPSA) is 94.9 Å². The molecule has 4 rings (SSSR count). The highest BCUT2D eigenvalue weighted by atomic mass is 19.4. The number of pyridine rings is 1.